The second-order valence-corrected chi connectivity index (χ2v) is 4.16. The van der Waals surface area contributed by atoms with Crippen LogP contribution in [0.15, 0.2) is 48.5 Å². The molecular weight excluding hydrogens is 248 g/mol. The van der Waals surface area contributed by atoms with Crippen LogP contribution in [0.25, 0.3) is 6.08 Å². The molecule has 1 N–H and O–H groups in total. The van der Waals surface area contributed by atoms with Crippen LogP contribution < -0.4 is 4.74 Å². The molecule has 0 radical (unpaired) electrons. The van der Waals surface area contributed by atoms with E-state index < -0.39 is 0 Å². The predicted molar refractivity (Wildman–Crippen MR) is 74.3 cm³/mol. The average Bonchev–Trinajstić information content (AvgIpc) is 2.36. The lowest BCUT2D eigenvalue weighted by molar-refractivity contribution is 0.463. The Hall–Kier alpha value is -1.93. The van der Waals surface area contributed by atoms with Crippen LogP contribution in [0.5, 0.6) is 17.2 Å². The molecule has 0 aromatic heterocycles. The van der Waals surface area contributed by atoms with Crippen LogP contribution in [0, 0.1) is 0 Å². The number of benzene rings is 2. The maximum absolute atomic E-state index is 9.65. The average molecular weight is 261 g/mol. The van der Waals surface area contributed by atoms with Gasteiger partial charge >= 0.3 is 0 Å². The quantitative estimate of drug-likeness (QED) is 0.853. The molecular formula is C15H13ClO2. The van der Waals surface area contributed by atoms with Crippen molar-refractivity contribution in [1.29, 1.82) is 0 Å². The molecule has 2 nitrogen and oxygen atoms in total. The summed E-state index contributed by atoms with van der Waals surface area (Å²) in [5.74, 6) is 1.45. The van der Waals surface area contributed by atoms with Crippen molar-refractivity contribution in [2.24, 2.45) is 0 Å². The van der Waals surface area contributed by atoms with Crippen LogP contribution in [-0.4, -0.2) is 5.11 Å². The minimum atomic E-state index is 0.222. The fourth-order valence-corrected chi connectivity index (χ4v) is 1.74. The lowest BCUT2D eigenvalue weighted by Crippen LogP contribution is -1.86. The summed E-state index contributed by atoms with van der Waals surface area (Å²) in [6.07, 6.45) is 3.67. The first kappa shape index (κ1) is 12.5. The van der Waals surface area contributed by atoms with Gasteiger partial charge in [0.05, 0.1) is 5.02 Å². The van der Waals surface area contributed by atoms with Crippen molar-refractivity contribution in [3.63, 3.8) is 0 Å². The molecule has 2 aromatic rings. The first-order chi connectivity index (χ1) is 8.70. The smallest absolute Gasteiger partial charge is 0.146 e. The first-order valence-corrected chi connectivity index (χ1v) is 5.96. The topological polar surface area (TPSA) is 29.5 Å². The van der Waals surface area contributed by atoms with Crippen molar-refractivity contribution in [3.8, 4) is 17.2 Å². The summed E-state index contributed by atoms with van der Waals surface area (Å²) in [5.41, 5.74) is 0.710. The number of phenols is 1. The lowest BCUT2D eigenvalue weighted by Gasteiger charge is -2.08. The summed E-state index contributed by atoms with van der Waals surface area (Å²) in [6, 6.07) is 12.3. The first-order valence-electron chi connectivity index (χ1n) is 5.59. The van der Waals surface area contributed by atoms with Gasteiger partial charge in [0.15, 0.2) is 0 Å². The Kier molecular flexibility index (Phi) is 3.90. The summed E-state index contributed by atoms with van der Waals surface area (Å²) >= 11 is 6.02. The number of allylic oxidation sites excluding steroid dienone is 1. The highest BCUT2D eigenvalue weighted by Gasteiger charge is 2.04. The molecule has 0 saturated carbocycles. The number of aromatic hydroxyl groups is 1. The number of phenolic OH excluding ortho intramolecular Hbond substituents is 1. The van der Waals surface area contributed by atoms with E-state index in [0.717, 1.165) is 0 Å². The Bertz CT molecular complexity index is 576. The van der Waals surface area contributed by atoms with Crippen LogP contribution in [0.4, 0.5) is 0 Å². The highest BCUT2D eigenvalue weighted by atomic mass is 35.5. The van der Waals surface area contributed by atoms with E-state index in [-0.39, 0.29) is 5.75 Å². The third kappa shape index (κ3) is 2.84. The molecule has 2 aromatic carbocycles. The second-order valence-electron chi connectivity index (χ2n) is 3.75. The third-order valence-corrected chi connectivity index (χ3v) is 2.72. The van der Waals surface area contributed by atoms with E-state index in [0.29, 0.717) is 22.1 Å². The summed E-state index contributed by atoms with van der Waals surface area (Å²) in [5, 5.41) is 10.2. The van der Waals surface area contributed by atoms with E-state index in [1.54, 1.807) is 30.3 Å². The maximum Gasteiger partial charge on any atom is 0.146 e. The monoisotopic (exact) mass is 260 g/mol. The van der Waals surface area contributed by atoms with Gasteiger partial charge in [0, 0.05) is 5.56 Å². The van der Waals surface area contributed by atoms with Crippen molar-refractivity contribution in [1.82, 2.24) is 0 Å². The number of para-hydroxylation sites is 1. The Morgan fingerprint density at radius 2 is 1.94 bits per heavy atom. The van der Waals surface area contributed by atoms with E-state index in [4.69, 9.17) is 16.3 Å². The molecule has 0 amide bonds. The Morgan fingerprint density at radius 1 is 1.17 bits per heavy atom. The van der Waals surface area contributed by atoms with Gasteiger partial charge in [-0.3, -0.25) is 0 Å². The molecule has 0 saturated heterocycles. The number of ether oxygens (including phenoxy) is 1. The van der Waals surface area contributed by atoms with Gasteiger partial charge in [0.1, 0.15) is 17.2 Å². The van der Waals surface area contributed by atoms with Gasteiger partial charge in [-0.05, 0) is 37.3 Å². The van der Waals surface area contributed by atoms with Gasteiger partial charge in [-0.15, -0.1) is 0 Å². The number of hydrogen-bond acceptors (Lipinski definition) is 2. The largest absolute Gasteiger partial charge is 0.507 e. The maximum atomic E-state index is 9.65. The minimum Gasteiger partial charge on any atom is -0.507 e. The molecule has 18 heavy (non-hydrogen) atoms. The predicted octanol–water partition coefficient (Wildman–Crippen LogP) is 4.87. The van der Waals surface area contributed by atoms with E-state index >= 15 is 0 Å². The molecule has 3 heteroatoms. The van der Waals surface area contributed by atoms with Gasteiger partial charge in [-0.1, -0.05) is 35.9 Å². The molecule has 0 spiro atoms. The molecule has 92 valence electrons. The van der Waals surface area contributed by atoms with Crippen molar-refractivity contribution >= 4 is 17.7 Å². The van der Waals surface area contributed by atoms with Crippen molar-refractivity contribution in [2.75, 3.05) is 0 Å². The Morgan fingerprint density at radius 3 is 2.67 bits per heavy atom. The molecule has 0 heterocycles. The molecule has 0 unspecified atom stereocenters. The minimum absolute atomic E-state index is 0.222. The van der Waals surface area contributed by atoms with Gasteiger partial charge in [-0.2, -0.15) is 0 Å². The van der Waals surface area contributed by atoms with E-state index in [9.17, 15) is 5.11 Å². The zero-order valence-electron chi connectivity index (χ0n) is 9.93. The zero-order valence-corrected chi connectivity index (χ0v) is 10.7. The fourth-order valence-electron chi connectivity index (χ4n) is 1.56. The number of hydrogen-bond donors (Lipinski definition) is 1. The molecule has 0 aliphatic heterocycles. The normalized spacial score (nSPS) is 10.8. The van der Waals surface area contributed by atoms with Crippen LogP contribution in [-0.2, 0) is 0 Å². The van der Waals surface area contributed by atoms with Gasteiger partial charge in [-0.25, -0.2) is 0 Å². The standard InChI is InChI=1S/C15H13ClO2/c1-2-5-11-10-12(8-9-14(11)17)18-15-7-4-3-6-13(15)16/h2-10,17H,1H3/b5-2-. The summed E-state index contributed by atoms with van der Waals surface area (Å²) in [4.78, 5) is 0. The van der Waals surface area contributed by atoms with Crippen LogP contribution in [0.1, 0.15) is 12.5 Å². The lowest BCUT2D eigenvalue weighted by atomic mass is 10.2. The van der Waals surface area contributed by atoms with Gasteiger partial charge in [0.25, 0.3) is 0 Å². The van der Waals surface area contributed by atoms with Crippen LogP contribution in [0.3, 0.4) is 0 Å². The molecule has 0 atom stereocenters. The highest BCUT2D eigenvalue weighted by molar-refractivity contribution is 6.32. The van der Waals surface area contributed by atoms with Crippen LogP contribution in [0.2, 0.25) is 5.02 Å². The molecule has 0 fully saturated rings. The van der Waals surface area contributed by atoms with E-state index in [2.05, 4.69) is 0 Å². The summed E-state index contributed by atoms with van der Waals surface area (Å²) in [6.45, 7) is 1.89. The molecule has 2 rings (SSSR count). The number of halogens is 1. The highest BCUT2D eigenvalue weighted by Crippen LogP contribution is 2.31. The van der Waals surface area contributed by atoms with Gasteiger partial charge in [0.2, 0.25) is 0 Å². The van der Waals surface area contributed by atoms with Gasteiger partial charge < -0.3 is 9.84 Å². The van der Waals surface area contributed by atoms with E-state index in [1.807, 2.05) is 31.2 Å². The van der Waals surface area contributed by atoms with Crippen molar-refractivity contribution < 1.29 is 9.84 Å². The second kappa shape index (κ2) is 5.61. The third-order valence-electron chi connectivity index (χ3n) is 2.41. The molecule has 0 aliphatic rings. The fraction of sp³-hybridized carbons (Fsp3) is 0.0667. The molecule has 0 aliphatic carbocycles. The van der Waals surface area contributed by atoms with Crippen LogP contribution >= 0.6 is 11.6 Å². The van der Waals surface area contributed by atoms with E-state index in [1.165, 1.54) is 0 Å². The van der Waals surface area contributed by atoms with Crippen molar-refractivity contribution in [3.05, 3.63) is 59.1 Å². The zero-order chi connectivity index (χ0) is 13.0. The van der Waals surface area contributed by atoms with Crippen molar-refractivity contribution in [2.45, 2.75) is 6.92 Å². The summed E-state index contributed by atoms with van der Waals surface area (Å²) < 4.78 is 5.67. The SMILES string of the molecule is C/C=C\c1cc(Oc2ccccc2Cl)ccc1O. The number of rotatable bonds is 3. The molecule has 0 bridgehead atoms. The summed E-state index contributed by atoms with van der Waals surface area (Å²) in [7, 11) is 0. The Balaban J connectivity index is 2.30. The Labute approximate surface area is 111 Å².